The summed E-state index contributed by atoms with van der Waals surface area (Å²) in [6.07, 6.45) is 1.62. The first-order valence-corrected chi connectivity index (χ1v) is 12.8. The molecule has 0 saturated carbocycles. The standard InChI is InChI=1S/C25H25N5O5S.ClH/c26-25(27)19-9-8-17(23(16-19)30(32)33)10-13-24(31)29-14-4-5-18-15-20(11-12-22(18)29)28-36(34,35)21-6-2-1-3-7-21;/h1-3,6-9,11-12,15-16,28H,4-5,10,13-14H2,(H3,26,27);1H. The molecule has 0 aromatic heterocycles. The quantitative estimate of drug-likeness (QED) is 0.168. The number of fused-ring (bicyclic) bond motifs is 1. The molecule has 0 unspecified atom stereocenters. The van der Waals surface area contributed by atoms with Gasteiger partial charge in [0.05, 0.1) is 9.82 Å². The number of carbonyl (C=O) groups excluding carboxylic acids is 1. The van der Waals surface area contributed by atoms with Crippen molar-refractivity contribution < 1.29 is 18.1 Å². The van der Waals surface area contributed by atoms with Crippen LogP contribution in [-0.2, 0) is 27.7 Å². The normalized spacial score (nSPS) is 12.7. The predicted molar refractivity (Wildman–Crippen MR) is 144 cm³/mol. The topological polar surface area (TPSA) is 159 Å². The lowest BCUT2D eigenvalue weighted by molar-refractivity contribution is -0.385. The highest BCUT2D eigenvalue weighted by Gasteiger charge is 2.25. The summed E-state index contributed by atoms with van der Waals surface area (Å²) in [7, 11) is -3.74. The van der Waals surface area contributed by atoms with Gasteiger partial charge in [0.2, 0.25) is 5.91 Å². The fraction of sp³-hybridized carbons (Fsp3) is 0.200. The number of rotatable bonds is 8. The zero-order valence-corrected chi connectivity index (χ0v) is 21.3. The van der Waals surface area contributed by atoms with Gasteiger partial charge in [-0.1, -0.05) is 30.3 Å². The second kappa shape index (κ2) is 11.4. The Morgan fingerprint density at radius 3 is 2.51 bits per heavy atom. The SMILES string of the molecule is Cl.N=C(N)c1ccc(CCC(=O)N2CCCc3cc(NS(=O)(=O)c4ccccc4)ccc32)c([N+](=O)[O-])c1. The van der Waals surface area contributed by atoms with Gasteiger partial charge in [-0.25, -0.2) is 8.42 Å². The number of halogens is 1. The van der Waals surface area contributed by atoms with E-state index in [0.717, 1.165) is 5.56 Å². The minimum atomic E-state index is -3.74. The molecule has 10 nitrogen and oxygen atoms in total. The zero-order chi connectivity index (χ0) is 25.9. The van der Waals surface area contributed by atoms with Crippen LogP contribution in [0.4, 0.5) is 17.1 Å². The second-order valence-electron chi connectivity index (χ2n) is 8.43. The summed E-state index contributed by atoms with van der Waals surface area (Å²) >= 11 is 0. The molecular weight excluding hydrogens is 518 g/mol. The summed E-state index contributed by atoms with van der Waals surface area (Å²) < 4.78 is 27.9. The van der Waals surface area contributed by atoms with Crippen LogP contribution in [0.5, 0.6) is 0 Å². The Balaban J connectivity index is 0.00000380. The van der Waals surface area contributed by atoms with Crippen molar-refractivity contribution in [2.75, 3.05) is 16.2 Å². The summed E-state index contributed by atoms with van der Waals surface area (Å²) in [5, 5.41) is 19.0. The van der Waals surface area contributed by atoms with E-state index in [9.17, 15) is 23.3 Å². The maximum Gasteiger partial charge on any atom is 0.273 e. The number of carbonyl (C=O) groups is 1. The number of nitrogens with zero attached hydrogens (tertiary/aromatic N) is 2. The third-order valence-electron chi connectivity index (χ3n) is 6.01. The average Bonchev–Trinajstić information content (AvgIpc) is 2.86. The Kier molecular flexibility index (Phi) is 8.51. The fourth-order valence-corrected chi connectivity index (χ4v) is 5.29. The molecule has 3 aromatic carbocycles. The number of amidine groups is 1. The number of aryl methyl sites for hydroxylation is 2. The number of nitrogens with one attached hydrogen (secondary N) is 2. The van der Waals surface area contributed by atoms with E-state index in [4.69, 9.17) is 11.1 Å². The smallest absolute Gasteiger partial charge is 0.273 e. The number of anilines is 2. The minimum absolute atomic E-state index is 0. The van der Waals surface area contributed by atoms with Crippen LogP contribution >= 0.6 is 12.4 Å². The molecule has 1 amide bonds. The summed E-state index contributed by atoms with van der Waals surface area (Å²) in [6.45, 7) is 0.506. The van der Waals surface area contributed by atoms with Gasteiger partial charge in [0.25, 0.3) is 15.7 Å². The number of nitro benzene ring substituents is 1. The van der Waals surface area contributed by atoms with E-state index in [1.54, 1.807) is 41.3 Å². The number of hydrogen-bond acceptors (Lipinski definition) is 6. The van der Waals surface area contributed by atoms with Crippen molar-refractivity contribution in [1.29, 1.82) is 5.41 Å². The van der Waals surface area contributed by atoms with Gasteiger partial charge in [0.15, 0.2) is 0 Å². The molecule has 1 aliphatic rings. The van der Waals surface area contributed by atoms with Crippen LogP contribution in [0.15, 0.2) is 71.6 Å². The van der Waals surface area contributed by atoms with E-state index in [1.807, 2.05) is 0 Å². The molecule has 1 heterocycles. The largest absolute Gasteiger partial charge is 0.384 e. The number of benzene rings is 3. The van der Waals surface area contributed by atoms with Crippen molar-refractivity contribution in [3.05, 3.63) is 93.5 Å². The first-order valence-electron chi connectivity index (χ1n) is 11.3. The Hall–Kier alpha value is -3.96. The molecule has 0 spiro atoms. The van der Waals surface area contributed by atoms with Crippen LogP contribution in [0.1, 0.15) is 29.5 Å². The van der Waals surface area contributed by atoms with E-state index in [2.05, 4.69) is 4.72 Å². The van der Waals surface area contributed by atoms with Crippen LogP contribution < -0.4 is 15.4 Å². The highest BCUT2D eigenvalue weighted by molar-refractivity contribution is 7.92. The van der Waals surface area contributed by atoms with Crippen molar-refractivity contribution in [2.24, 2.45) is 5.73 Å². The molecular formula is C25H26ClN5O5S. The van der Waals surface area contributed by atoms with Gasteiger partial charge in [0.1, 0.15) is 5.84 Å². The first kappa shape index (κ1) is 27.6. The fourth-order valence-electron chi connectivity index (χ4n) is 4.22. The van der Waals surface area contributed by atoms with Crippen LogP contribution in [-0.4, -0.2) is 31.6 Å². The van der Waals surface area contributed by atoms with Crippen molar-refractivity contribution in [3.63, 3.8) is 0 Å². The Labute approximate surface area is 220 Å². The molecule has 0 aliphatic carbocycles. The van der Waals surface area contributed by atoms with E-state index in [0.29, 0.717) is 36.3 Å². The zero-order valence-electron chi connectivity index (χ0n) is 19.7. The van der Waals surface area contributed by atoms with Gasteiger partial charge in [-0.3, -0.25) is 25.0 Å². The van der Waals surface area contributed by atoms with Crippen molar-refractivity contribution in [1.82, 2.24) is 0 Å². The average molecular weight is 544 g/mol. The molecule has 194 valence electrons. The molecule has 0 saturated heterocycles. The van der Waals surface area contributed by atoms with Crippen molar-refractivity contribution in [2.45, 2.75) is 30.6 Å². The molecule has 4 rings (SSSR count). The number of nitrogens with two attached hydrogens (primary N) is 1. The number of nitro groups is 1. The van der Waals surface area contributed by atoms with Crippen molar-refractivity contribution >= 4 is 51.2 Å². The molecule has 0 radical (unpaired) electrons. The highest BCUT2D eigenvalue weighted by atomic mass is 35.5. The van der Waals surface area contributed by atoms with Gasteiger partial charge in [0, 0.05) is 41.5 Å². The third kappa shape index (κ3) is 6.25. The number of hydrogen-bond donors (Lipinski definition) is 3. The lowest BCUT2D eigenvalue weighted by Crippen LogP contribution is -2.35. The summed E-state index contributed by atoms with van der Waals surface area (Å²) in [6, 6.07) is 17.4. The van der Waals surface area contributed by atoms with Crippen molar-refractivity contribution in [3.8, 4) is 0 Å². The van der Waals surface area contributed by atoms with Gasteiger partial charge >= 0.3 is 0 Å². The number of sulfonamides is 1. The van der Waals surface area contributed by atoms with Crippen LogP contribution in [0, 0.1) is 15.5 Å². The number of amides is 1. The lowest BCUT2D eigenvalue weighted by Gasteiger charge is -2.30. The molecule has 0 atom stereocenters. The lowest BCUT2D eigenvalue weighted by atomic mass is 9.99. The Bertz CT molecular complexity index is 1450. The molecule has 0 fully saturated rings. The second-order valence-corrected chi connectivity index (χ2v) is 10.1. The predicted octanol–water partition coefficient (Wildman–Crippen LogP) is 4.01. The van der Waals surface area contributed by atoms with Gasteiger partial charge in [-0.05, 0) is 55.2 Å². The van der Waals surface area contributed by atoms with Crippen LogP contribution in [0.3, 0.4) is 0 Å². The van der Waals surface area contributed by atoms with E-state index in [-0.39, 0.29) is 53.1 Å². The van der Waals surface area contributed by atoms with Crippen LogP contribution in [0.2, 0.25) is 0 Å². The van der Waals surface area contributed by atoms with Crippen LogP contribution in [0.25, 0.3) is 0 Å². The molecule has 0 bridgehead atoms. The summed E-state index contributed by atoms with van der Waals surface area (Å²) in [5.74, 6) is -0.449. The van der Waals surface area contributed by atoms with E-state index in [1.165, 1.54) is 30.3 Å². The molecule has 1 aliphatic heterocycles. The first-order chi connectivity index (χ1) is 17.2. The molecule has 12 heteroatoms. The maximum atomic E-state index is 13.1. The summed E-state index contributed by atoms with van der Waals surface area (Å²) in [5.41, 5.74) is 7.86. The minimum Gasteiger partial charge on any atom is -0.384 e. The number of nitrogen functional groups attached to an aromatic ring is 1. The van der Waals surface area contributed by atoms with E-state index >= 15 is 0 Å². The maximum absolute atomic E-state index is 13.1. The summed E-state index contributed by atoms with van der Waals surface area (Å²) in [4.78, 5) is 25.8. The van der Waals surface area contributed by atoms with E-state index < -0.39 is 14.9 Å². The molecule has 4 N–H and O–H groups in total. The van der Waals surface area contributed by atoms with Gasteiger partial charge in [-0.2, -0.15) is 0 Å². The monoisotopic (exact) mass is 543 g/mol. The van der Waals surface area contributed by atoms with Gasteiger partial charge < -0.3 is 10.6 Å². The Morgan fingerprint density at radius 2 is 1.84 bits per heavy atom. The molecule has 3 aromatic rings. The highest BCUT2D eigenvalue weighted by Crippen LogP contribution is 2.31. The van der Waals surface area contributed by atoms with Gasteiger partial charge in [-0.15, -0.1) is 12.4 Å². The molecule has 37 heavy (non-hydrogen) atoms. The Morgan fingerprint density at radius 1 is 1.11 bits per heavy atom. The third-order valence-corrected chi connectivity index (χ3v) is 7.40.